The van der Waals surface area contributed by atoms with Crippen molar-refractivity contribution in [2.75, 3.05) is 0 Å². The van der Waals surface area contributed by atoms with Crippen LogP contribution in [0, 0.1) is 13.8 Å². The van der Waals surface area contributed by atoms with Crippen LogP contribution in [0.1, 0.15) is 56.8 Å². The van der Waals surface area contributed by atoms with E-state index < -0.39 is 11.0 Å². The van der Waals surface area contributed by atoms with Gasteiger partial charge in [0.15, 0.2) is 0 Å². The molecule has 1 N–H and O–H groups in total. The van der Waals surface area contributed by atoms with Crippen molar-refractivity contribution in [1.82, 2.24) is 4.72 Å². The molecule has 0 saturated heterocycles. The second-order valence-corrected chi connectivity index (χ2v) is 7.76. The van der Waals surface area contributed by atoms with Gasteiger partial charge in [-0.25, -0.2) is 8.93 Å². The predicted molar refractivity (Wildman–Crippen MR) is 80.0 cm³/mol. The van der Waals surface area contributed by atoms with E-state index in [0.717, 1.165) is 6.42 Å². The van der Waals surface area contributed by atoms with E-state index in [4.69, 9.17) is 0 Å². The highest BCUT2D eigenvalue weighted by atomic mass is 32.2. The van der Waals surface area contributed by atoms with Gasteiger partial charge in [0.25, 0.3) is 0 Å². The van der Waals surface area contributed by atoms with E-state index >= 15 is 0 Å². The molecule has 3 heteroatoms. The monoisotopic (exact) mass is 267 g/mol. The molecule has 0 saturated carbocycles. The van der Waals surface area contributed by atoms with Gasteiger partial charge in [0.05, 0.1) is 15.7 Å². The maximum Gasteiger partial charge on any atom is 0.0975 e. The van der Waals surface area contributed by atoms with Crippen molar-refractivity contribution in [2.24, 2.45) is 0 Å². The zero-order chi connectivity index (χ0) is 13.9. The fourth-order valence-electron chi connectivity index (χ4n) is 2.03. The van der Waals surface area contributed by atoms with Crippen molar-refractivity contribution in [1.29, 1.82) is 0 Å². The molecule has 0 spiro atoms. The Bertz CT molecular complexity index is 414. The molecule has 1 aromatic carbocycles. The smallest absolute Gasteiger partial charge is 0.0975 e. The van der Waals surface area contributed by atoms with E-state index in [1.165, 1.54) is 16.7 Å². The largest absolute Gasteiger partial charge is 0.242 e. The van der Waals surface area contributed by atoms with Crippen LogP contribution in [0.25, 0.3) is 0 Å². The first-order chi connectivity index (χ1) is 8.27. The summed E-state index contributed by atoms with van der Waals surface area (Å²) in [4.78, 5) is 0. The summed E-state index contributed by atoms with van der Waals surface area (Å²) in [6.45, 7) is 12.3. The molecule has 0 radical (unpaired) electrons. The first-order valence-electron chi connectivity index (χ1n) is 6.51. The van der Waals surface area contributed by atoms with Crippen LogP contribution in [-0.2, 0) is 11.0 Å². The standard InChI is InChI=1S/C15H25NOS/c1-7-13(16-18(17)15(4,5)6)14-11(2)9-8-10-12(14)3/h8-10,13,16H,7H2,1-6H3/t13-,18?/m0/s1. The SMILES string of the molecule is CC[C@H](NS(=O)C(C)(C)C)c1c(C)cccc1C. The van der Waals surface area contributed by atoms with Gasteiger partial charge in [0, 0.05) is 6.04 Å². The summed E-state index contributed by atoms with van der Waals surface area (Å²) in [6.07, 6.45) is 0.938. The lowest BCUT2D eigenvalue weighted by atomic mass is 9.95. The number of rotatable bonds is 4. The predicted octanol–water partition coefficient (Wildman–Crippen LogP) is 3.81. The Morgan fingerprint density at radius 1 is 1.22 bits per heavy atom. The van der Waals surface area contributed by atoms with Crippen molar-refractivity contribution in [3.63, 3.8) is 0 Å². The molecular formula is C15H25NOS. The van der Waals surface area contributed by atoms with Crippen LogP contribution in [0.3, 0.4) is 0 Å². The van der Waals surface area contributed by atoms with Crippen LogP contribution < -0.4 is 4.72 Å². The van der Waals surface area contributed by atoms with Crippen LogP contribution in [0.15, 0.2) is 18.2 Å². The Morgan fingerprint density at radius 2 is 1.72 bits per heavy atom. The highest BCUT2D eigenvalue weighted by Gasteiger charge is 2.24. The van der Waals surface area contributed by atoms with Gasteiger partial charge < -0.3 is 0 Å². The van der Waals surface area contributed by atoms with Gasteiger partial charge >= 0.3 is 0 Å². The van der Waals surface area contributed by atoms with E-state index in [0.29, 0.717) is 0 Å². The summed E-state index contributed by atoms with van der Waals surface area (Å²) >= 11 is 0. The van der Waals surface area contributed by atoms with Crippen molar-refractivity contribution in [3.8, 4) is 0 Å². The molecule has 0 fully saturated rings. The molecular weight excluding hydrogens is 242 g/mol. The zero-order valence-corrected chi connectivity index (χ0v) is 13.1. The number of aryl methyl sites for hydroxylation is 2. The summed E-state index contributed by atoms with van der Waals surface area (Å²) in [5.41, 5.74) is 3.82. The normalized spacial score (nSPS) is 15.4. The maximum absolute atomic E-state index is 12.2. The Labute approximate surface area is 114 Å². The molecule has 1 unspecified atom stereocenters. The van der Waals surface area contributed by atoms with Crippen molar-refractivity contribution < 1.29 is 4.21 Å². The lowest BCUT2D eigenvalue weighted by Gasteiger charge is -2.26. The van der Waals surface area contributed by atoms with E-state index in [9.17, 15) is 4.21 Å². The quantitative estimate of drug-likeness (QED) is 0.883. The summed E-state index contributed by atoms with van der Waals surface area (Å²) in [7, 11) is -1.03. The molecule has 102 valence electrons. The van der Waals surface area contributed by atoms with Crippen molar-refractivity contribution >= 4 is 11.0 Å². The second kappa shape index (κ2) is 5.98. The third-order valence-electron chi connectivity index (χ3n) is 3.10. The Balaban J connectivity index is 3.01. The van der Waals surface area contributed by atoms with Crippen LogP contribution in [0.2, 0.25) is 0 Å². The van der Waals surface area contributed by atoms with Crippen LogP contribution in [0.5, 0.6) is 0 Å². The molecule has 1 aromatic rings. The Morgan fingerprint density at radius 3 is 2.11 bits per heavy atom. The molecule has 0 bridgehead atoms. The Hall–Kier alpha value is -0.670. The average Bonchev–Trinajstić information content (AvgIpc) is 2.25. The fourth-order valence-corrected chi connectivity index (χ4v) is 2.93. The minimum atomic E-state index is -1.03. The van der Waals surface area contributed by atoms with Gasteiger partial charge in [-0.1, -0.05) is 25.1 Å². The van der Waals surface area contributed by atoms with E-state index in [1.807, 2.05) is 20.8 Å². The third-order valence-corrected chi connectivity index (χ3v) is 4.72. The lowest BCUT2D eigenvalue weighted by Crippen LogP contribution is -2.36. The van der Waals surface area contributed by atoms with E-state index in [2.05, 4.69) is 43.7 Å². The molecule has 1 rings (SSSR count). The summed E-state index contributed by atoms with van der Waals surface area (Å²) < 4.78 is 15.3. The van der Waals surface area contributed by atoms with E-state index in [1.54, 1.807) is 0 Å². The van der Waals surface area contributed by atoms with Crippen LogP contribution in [-0.4, -0.2) is 8.96 Å². The Kier molecular flexibility index (Phi) is 5.11. The molecule has 0 amide bonds. The molecule has 0 aromatic heterocycles. The third kappa shape index (κ3) is 3.66. The molecule has 18 heavy (non-hydrogen) atoms. The average molecular weight is 267 g/mol. The van der Waals surface area contributed by atoms with E-state index in [-0.39, 0.29) is 10.8 Å². The number of hydrogen-bond donors (Lipinski definition) is 1. The second-order valence-electron chi connectivity index (χ2n) is 5.77. The molecule has 0 aliphatic heterocycles. The first-order valence-corrected chi connectivity index (χ1v) is 7.66. The van der Waals surface area contributed by atoms with Gasteiger partial charge in [-0.2, -0.15) is 0 Å². The zero-order valence-electron chi connectivity index (χ0n) is 12.3. The molecule has 0 aliphatic rings. The highest BCUT2D eigenvalue weighted by Crippen LogP contribution is 2.26. The summed E-state index contributed by atoms with van der Waals surface area (Å²) in [5.74, 6) is 0. The van der Waals surface area contributed by atoms with Crippen molar-refractivity contribution in [3.05, 3.63) is 34.9 Å². The lowest BCUT2D eigenvalue weighted by molar-refractivity contribution is 0.585. The summed E-state index contributed by atoms with van der Waals surface area (Å²) in [6, 6.07) is 6.47. The van der Waals surface area contributed by atoms with Gasteiger partial charge in [0.1, 0.15) is 0 Å². The van der Waals surface area contributed by atoms with Gasteiger partial charge in [-0.3, -0.25) is 0 Å². The maximum atomic E-state index is 12.2. The molecule has 2 nitrogen and oxygen atoms in total. The minimum absolute atomic E-state index is 0.159. The van der Waals surface area contributed by atoms with Crippen LogP contribution >= 0.6 is 0 Å². The molecule has 0 aliphatic carbocycles. The van der Waals surface area contributed by atoms with Gasteiger partial charge in [0.2, 0.25) is 0 Å². The van der Waals surface area contributed by atoms with Crippen molar-refractivity contribution in [2.45, 2.75) is 58.8 Å². The molecule has 2 atom stereocenters. The number of nitrogens with one attached hydrogen (secondary N) is 1. The van der Waals surface area contributed by atoms with Gasteiger partial charge in [-0.15, -0.1) is 0 Å². The minimum Gasteiger partial charge on any atom is -0.242 e. The molecule has 0 heterocycles. The highest BCUT2D eigenvalue weighted by molar-refractivity contribution is 7.84. The summed E-state index contributed by atoms with van der Waals surface area (Å²) in [5, 5.41) is 0. The number of hydrogen-bond acceptors (Lipinski definition) is 1. The first kappa shape index (κ1) is 15.4. The topological polar surface area (TPSA) is 29.1 Å². The van der Waals surface area contributed by atoms with Crippen LogP contribution in [0.4, 0.5) is 0 Å². The van der Waals surface area contributed by atoms with Gasteiger partial charge in [-0.05, 0) is 57.7 Å². The number of benzene rings is 1. The fraction of sp³-hybridized carbons (Fsp3) is 0.600.